The van der Waals surface area contributed by atoms with Gasteiger partial charge in [0.25, 0.3) is 5.91 Å². The van der Waals surface area contributed by atoms with Crippen LogP contribution in [0.3, 0.4) is 0 Å². The van der Waals surface area contributed by atoms with Gasteiger partial charge >= 0.3 is 0 Å². The number of hydrogen-bond acceptors (Lipinski definition) is 6. The van der Waals surface area contributed by atoms with E-state index in [2.05, 4.69) is 15.5 Å². The lowest BCUT2D eigenvalue weighted by Crippen LogP contribution is -2.25. The standard InChI is InChI=1S/C17H16N4O2S/c1-11(12-5-3-2-4-6-12)20-21-16(22)10-23-13-7-8-14-15(9-13)24-17(18)19-14/h2-9H,10H2,1H3,(H2,18,19)(H,21,22)/b20-11+. The van der Waals surface area contributed by atoms with Crippen molar-refractivity contribution < 1.29 is 9.53 Å². The van der Waals surface area contributed by atoms with Gasteiger partial charge in [0, 0.05) is 0 Å². The van der Waals surface area contributed by atoms with Gasteiger partial charge in [-0.15, -0.1) is 0 Å². The molecule has 0 saturated carbocycles. The molecule has 0 fully saturated rings. The molecule has 3 rings (SSSR count). The molecule has 0 aliphatic rings. The third kappa shape index (κ3) is 3.88. The molecule has 0 atom stereocenters. The van der Waals surface area contributed by atoms with Crippen LogP contribution in [0, 0.1) is 0 Å². The van der Waals surface area contributed by atoms with Crippen LogP contribution >= 0.6 is 11.3 Å². The largest absolute Gasteiger partial charge is 0.484 e. The number of nitrogens with two attached hydrogens (primary N) is 1. The van der Waals surface area contributed by atoms with Crippen LogP contribution in [-0.2, 0) is 4.79 Å². The first-order chi connectivity index (χ1) is 11.6. The highest BCUT2D eigenvalue weighted by Gasteiger charge is 2.06. The first-order valence-electron chi connectivity index (χ1n) is 7.29. The van der Waals surface area contributed by atoms with Gasteiger partial charge < -0.3 is 10.5 Å². The van der Waals surface area contributed by atoms with Crippen molar-refractivity contribution in [3.8, 4) is 5.75 Å². The van der Waals surface area contributed by atoms with Crippen molar-refractivity contribution in [3.63, 3.8) is 0 Å². The van der Waals surface area contributed by atoms with Crippen molar-refractivity contribution in [1.82, 2.24) is 10.4 Å². The number of carbonyl (C=O) groups excluding carboxylic acids is 1. The number of nitrogens with one attached hydrogen (secondary N) is 1. The SMILES string of the molecule is C/C(=N\NC(=O)COc1ccc2nc(N)sc2c1)c1ccccc1. The first-order valence-corrected chi connectivity index (χ1v) is 8.11. The van der Waals surface area contributed by atoms with Crippen LogP contribution in [0.1, 0.15) is 12.5 Å². The van der Waals surface area contributed by atoms with Crippen LogP contribution < -0.4 is 15.9 Å². The van der Waals surface area contributed by atoms with E-state index in [-0.39, 0.29) is 12.5 Å². The molecule has 0 radical (unpaired) electrons. The number of aromatic nitrogens is 1. The van der Waals surface area contributed by atoms with Crippen LogP contribution in [0.25, 0.3) is 10.2 Å². The molecule has 0 spiro atoms. The molecule has 1 amide bonds. The molecule has 122 valence electrons. The van der Waals surface area contributed by atoms with Gasteiger partial charge in [-0.2, -0.15) is 5.10 Å². The Morgan fingerprint density at radius 1 is 1.29 bits per heavy atom. The van der Waals surface area contributed by atoms with Gasteiger partial charge in [-0.25, -0.2) is 10.4 Å². The fourth-order valence-corrected chi connectivity index (χ4v) is 2.85. The van der Waals surface area contributed by atoms with E-state index in [0.29, 0.717) is 10.9 Å². The fraction of sp³-hybridized carbons (Fsp3) is 0.118. The highest BCUT2D eigenvalue weighted by Crippen LogP contribution is 2.27. The summed E-state index contributed by atoms with van der Waals surface area (Å²) in [5.74, 6) is 0.263. The van der Waals surface area contributed by atoms with Crippen molar-refractivity contribution in [2.75, 3.05) is 12.3 Å². The lowest BCUT2D eigenvalue weighted by atomic mass is 10.1. The monoisotopic (exact) mass is 340 g/mol. The minimum absolute atomic E-state index is 0.120. The van der Waals surface area contributed by atoms with E-state index >= 15 is 0 Å². The molecule has 0 aliphatic heterocycles. The number of carbonyl (C=O) groups is 1. The van der Waals surface area contributed by atoms with Crippen LogP contribution in [-0.4, -0.2) is 23.2 Å². The zero-order valence-corrected chi connectivity index (χ0v) is 13.8. The Kier molecular flexibility index (Phi) is 4.72. The molecule has 1 aromatic heterocycles. The molecule has 0 unspecified atom stereocenters. The number of benzene rings is 2. The molecule has 0 saturated heterocycles. The third-order valence-electron chi connectivity index (χ3n) is 3.29. The van der Waals surface area contributed by atoms with Gasteiger partial charge in [-0.3, -0.25) is 4.79 Å². The van der Waals surface area contributed by atoms with Gasteiger partial charge in [-0.1, -0.05) is 41.7 Å². The highest BCUT2D eigenvalue weighted by atomic mass is 32.1. The van der Waals surface area contributed by atoms with Gasteiger partial charge in [0.1, 0.15) is 5.75 Å². The molecule has 7 heteroatoms. The summed E-state index contributed by atoms with van der Waals surface area (Å²) in [5.41, 5.74) is 10.6. The number of ether oxygens (including phenoxy) is 1. The van der Waals surface area contributed by atoms with E-state index in [1.165, 1.54) is 11.3 Å². The van der Waals surface area contributed by atoms with Crippen molar-refractivity contribution in [2.45, 2.75) is 6.92 Å². The van der Waals surface area contributed by atoms with Crippen LogP contribution in [0.4, 0.5) is 5.13 Å². The summed E-state index contributed by atoms with van der Waals surface area (Å²) in [7, 11) is 0. The predicted octanol–water partition coefficient (Wildman–Crippen LogP) is 2.80. The van der Waals surface area contributed by atoms with Crippen molar-refractivity contribution in [1.29, 1.82) is 0 Å². The number of amides is 1. The van der Waals surface area contributed by atoms with Crippen LogP contribution in [0.5, 0.6) is 5.75 Å². The Morgan fingerprint density at radius 2 is 2.08 bits per heavy atom. The van der Waals surface area contributed by atoms with E-state index in [9.17, 15) is 4.79 Å². The Balaban J connectivity index is 1.56. The third-order valence-corrected chi connectivity index (χ3v) is 4.13. The Hall–Kier alpha value is -2.93. The van der Waals surface area contributed by atoms with Gasteiger partial charge in [0.05, 0.1) is 15.9 Å². The van der Waals surface area contributed by atoms with Crippen molar-refractivity contribution in [3.05, 3.63) is 54.1 Å². The smallest absolute Gasteiger partial charge is 0.277 e. The normalized spacial score (nSPS) is 11.5. The molecule has 24 heavy (non-hydrogen) atoms. The second-order valence-corrected chi connectivity index (χ2v) is 6.13. The minimum Gasteiger partial charge on any atom is -0.484 e. The summed E-state index contributed by atoms with van der Waals surface area (Å²) in [5, 5.41) is 4.58. The molecule has 3 N–H and O–H groups in total. The van der Waals surface area contributed by atoms with E-state index in [1.54, 1.807) is 6.07 Å². The maximum Gasteiger partial charge on any atom is 0.277 e. The van der Waals surface area contributed by atoms with Gasteiger partial charge in [0.2, 0.25) is 0 Å². The molecule has 3 aromatic rings. The average Bonchev–Trinajstić information content (AvgIpc) is 2.97. The second-order valence-electron chi connectivity index (χ2n) is 5.07. The van der Waals surface area contributed by atoms with Gasteiger partial charge in [0.15, 0.2) is 11.7 Å². The molecule has 6 nitrogen and oxygen atoms in total. The summed E-state index contributed by atoms with van der Waals surface area (Å²) in [6.45, 7) is 1.71. The molecular weight excluding hydrogens is 324 g/mol. The number of hydrazone groups is 1. The topological polar surface area (TPSA) is 89.6 Å². The molecule has 0 bridgehead atoms. The first kappa shape index (κ1) is 15.9. The number of thiazole rings is 1. The fourth-order valence-electron chi connectivity index (χ4n) is 2.08. The van der Waals surface area contributed by atoms with Gasteiger partial charge in [-0.05, 0) is 30.7 Å². The zero-order chi connectivity index (χ0) is 16.9. The maximum absolute atomic E-state index is 11.8. The molecular formula is C17H16N4O2S. The van der Waals surface area contributed by atoms with E-state index < -0.39 is 0 Å². The summed E-state index contributed by atoms with van der Waals surface area (Å²) in [6.07, 6.45) is 0. The Morgan fingerprint density at radius 3 is 2.88 bits per heavy atom. The number of anilines is 1. The summed E-state index contributed by atoms with van der Waals surface area (Å²) >= 11 is 1.38. The predicted molar refractivity (Wildman–Crippen MR) is 96.3 cm³/mol. The molecule has 1 heterocycles. The Labute approximate surface area is 143 Å². The summed E-state index contributed by atoms with van der Waals surface area (Å²) < 4.78 is 6.40. The van der Waals surface area contributed by atoms with Crippen LogP contribution in [0.2, 0.25) is 0 Å². The summed E-state index contributed by atoms with van der Waals surface area (Å²) in [4.78, 5) is 16.0. The number of nitrogen functional groups attached to an aromatic ring is 1. The van der Waals surface area contributed by atoms with E-state index in [0.717, 1.165) is 21.5 Å². The number of rotatable bonds is 5. The zero-order valence-electron chi connectivity index (χ0n) is 13.0. The Bertz CT molecular complexity index is 890. The molecule has 2 aromatic carbocycles. The lowest BCUT2D eigenvalue weighted by molar-refractivity contribution is -0.123. The summed E-state index contributed by atoms with van der Waals surface area (Å²) in [6, 6.07) is 15.0. The van der Waals surface area contributed by atoms with E-state index in [4.69, 9.17) is 10.5 Å². The minimum atomic E-state index is -0.325. The van der Waals surface area contributed by atoms with E-state index in [1.807, 2.05) is 49.4 Å². The second kappa shape index (κ2) is 7.10. The van der Waals surface area contributed by atoms with Crippen molar-refractivity contribution in [2.24, 2.45) is 5.10 Å². The average molecular weight is 340 g/mol. The molecule has 0 aliphatic carbocycles. The lowest BCUT2D eigenvalue weighted by Gasteiger charge is -2.06. The highest BCUT2D eigenvalue weighted by molar-refractivity contribution is 7.22. The number of nitrogens with zero attached hydrogens (tertiary/aromatic N) is 2. The number of hydrogen-bond donors (Lipinski definition) is 2. The van der Waals surface area contributed by atoms with Crippen LogP contribution in [0.15, 0.2) is 53.6 Å². The number of fused-ring (bicyclic) bond motifs is 1. The maximum atomic E-state index is 11.8. The van der Waals surface area contributed by atoms with Crippen molar-refractivity contribution >= 4 is 38.3 Å². The quantitative estimate of drug-likeness (QED) is 0.552.